The Morgan fingerprint density at radius 3 is 0.983 bits per heavy atom. The molecule has 0 bridgehead atoms. The first-order valence-corrected chi connectivity index (χ1v) is 23.0. The highest BCUT2D eigenvalue weighted by atomic mass is 79.9. The van der Waals surface area contributed by atoms with Crippen LogP contribution in [0.15, 0.2) is 89.4 Å². The van der Waals surface area contributed by atoms with Gasteiger partial charge in [0.1, 0.15) is 17.2 Å². The van der Waals surface area contributed by atoms with Crippen LogP contribution in [0.4, 0.5) is 0 Å². The van der Waals surface area contributed by atoms with Crippen molar-refractivity contribution >= 4 is 15.9 Å². The lowest BCUT2D eigenvalue weighted by molar-refractivity contribution is 0.304. The Hall–Kier alpha value is -4.56. The fraction of sp³-hybridized carbons (Fsp3) is 0.444. The average Bonchev–Trinajstić information content (AvgIpc) is 3.25. The molecule has 306 valence electrons. The summed E-state index contributed by atoms with van der Waals surface area (Å²) in [6.45, 7) is 8.99. The van der Waals surface area contributed by atoms with Crippen LogP contribution in [0, 0.1) is 35.5 Å². The molecule has 0 radical (unpaired) electrons. The highest BCUT2D eigenvalue weighted by Gasteiger charge is 2.06. The molecule has 4 aromatic carbocycles. The third-order valence-corrected chi connectivity index (χ3v) is 10.7. The smallest absolute Gasteiger partial charge is 0.119 e. The molecule has 4 aromatic rings. The number of ether oxygens (including phenoxy) is 3. The van der Waals surface area contributed by atoms with Crippen LogP contribution in [0.3, 0.4) is 0 Å². The van der Waals surface area contributed by atoms with E-state index in [4.69, 9.17) is 14.2 Å². The molecule has 0 fully saturated rings. The molecule has 0 amide bonds. The lowest BCUT2D eigenvalue weighted by Gasteiger charge is -2.06. The number of hydrogen-bond acceptors (Lipinski definition) is 3. The maximum absolute atomic E-state index is 6.01. The number of halogens is 1. The molecule has 4 rings (SSSR count). The molecule has 0 saturated heterocycles. The van der Waals surface area contributed by atoms with Crippen molar-refractivity contribution in [2.75, 3.05) is 19.8 Å². The summed E-state index contributed by atoms with van der Waals surface area (Å²) in [6.07, 6.45) is 22.5. The van der Waals surface area contributed by atoms with E-state index in [2.05, 4.69) is 72.2 Å². The topological polar surface area (TPSA) is 27.7 Å². The predicted molar refractivity (Wildman–Crippen MR) is 248 cm³/mol. The summed E-state index contributed by atoms with van der Waals surface area (Å²) in [5.41, 5.74) is 5.26. The van der Waals surface area contributed by atoms with Crippen LogP contribution >= 0.6 is 15.9 Å². The van der Waals surface area contributed by atoms with E-state index < -0.39 is 0 Å². The Labute approximate surface area is 360 Å². The van der Waals surface area contributed by atoms with Crippen LogP contribution in [0.25, 0.3) is 0 Å². The van der Waals surface area contributed by atoms with Gasteiger partial charge in [0.05, 0.1) is 19.8 Å². The number of rotatable bonds is 24. The quantitative estimate of drug-likeness (QED) is 0.0520. The Balaban J connectivity index is 1.45. The summed E-state index contributed by atoms with van der Waals surface area (Å²) in [5, 5.41) is 0. The fourth-order valence-electron chi connectivity index (χ4n) is 6.42. The van der Waals surface area contributed by atoms with Gasteiger partial charge < -0.3 is 14.2 Å². The molecule has 3 nitrogen and oxygen atoms in total. The lowest BCUT2D eigenvalue weighted by Crippen LogP contribution is -1.97. The first-order chi connectivity index (χ1) is 28.6. The van der Waals surface area contributed by atoms with Crippen molar-refractivity contribution < 1.29 is 14.2 Å². The second-order valence-electron chi connectivity index (χ2n) is 15.0. The number of hydrogen-bond donors (Lipinski definition) is 0. The number of benzene rings is 4. The van der Waals surface area contributed by atoms with Crippen LogP contribution in [0.5, 0.6) is 17.2 Å². The predicted octanol–water partition coefficient (Wildman–Crippen LogP) is 14.9. The van der Waals surface area contributed by atoms with Crippen molar-refractivity contribution in [3.05, 3.63) is 123 Å². The monoisotopic (exact) mass is 840 g/mol. The maximum Gasteiger partial charge on any atom is 0.119 e. The van der Waals surface area contributed by atoms with Crippen LogP contribution < -0.4 is 14.2 Å². The summed E-state index contributed by atoms with van der Waals surface area (Å²) in [5.74, 6) is 22.9. The SMILES string of the molecule is CCCCCCCCOc1ccc(C#Cc2cc(C#Cc3ccc(OCCCCCCCC)cc3)c(C#Cc3ccc(OCCCCCCCC)cc3)cc2Br)cc1. The van der Waals surface area contributed by atoms with E-state index in [0.29, 0.717) is 0 Å². The average molecular weight is 842 g/mol. The first kappa shape index (κ1) is 46.1. The van der Waals surface area contributed by atoms with Crippen LogP contribution in [-0.2, 0) is 0 Å². The minimum Gasteiger partial charge on any atom is -0.494 e. The van der Waals surface area contributed by atoms with Crippen molar-refractivity contribution in [2.24, 2.45) is 0 Å². The van der Waals surface area contributed by atoms with Gasteiger partial charge in [-0.3, -0.25) is 0 Å². The maximum atomic E-state index is 6.01. The van der Waals surface area contributed by atoms with E-state index in [-0.39, 0.29) is 0 Å². The van der Waals surface area contributed by atoms with E-state index >= 15 is 0 Å². The fourth-order valence-corrected chi connectivity index (χ4v) is 6.86. The summed E-state index contributed by atoms with van der Waals surface area (Å²) in [4.78, 5) is 0. The molecule has 0 heterocycles. The third-order valence-electron chi connectivity index (χ3n) is 9.99. The minimum absolute atomic E-state index is 0.744. The Morgan fingerprint density at radius 2 is 0.638 bits per heavy atom. The molecule has 0 aromatic heterocycles. The van der Waals surface area contributed by atoms with E-state index in [9.17, 15) is 0 Å². The zero-order chi connectivity index (χ0) is 40.9. The zero-order valence-electron chi connectivity index (χ0n) is 35.5. The largest absolute Gasteiger partial charge is 0.494 e. The van der Waals surface area contributed by atoms with Crippen LogP contribution in [0.1, 0.15) is 170 Å². The molecule has 0 spiro atoms. The van der Waals surface area contributed by atoms with Crippen molar-refractivity contribution in [3.8, 4) is 52.8 Å². The van der Waals surface area contributed by atoms with Gasteiger partial charge in [-0.1, -0.05) is 153 Å². The molecule has 58 heavy (non-hydrogen) atoms. The molecule has 0 atom stereocenters. The van der Waals surface area contributed by atoms with E-state index in [1.165, 1.54) is 96.3 Å². The van der Waals surface area contributed by atoms with Gasteiger partial charge in [-0.25, -0.2) is 0 Å². The summed E-state index contributed by atoms with van der Waals surface area (Å²) in [6, 6.07) is 28.2. The second kappa shape index (κ2) is 28.8. The van der Waals surface area contributed by atoms with Gasteiger partial charge in [0.25, 0.3) is 0 Å². The molecule has 0 aliphatic rings. The Morgan fingerprint density at radius 1 is 0.345 bits per heavy atom. The zero-order valence-corrected chi connectivity index (χ0v) is 37.1. The van der Waals surface area contributed by atoms with E-state index in [1.54, 1.807) is 0 Å². The molecule has 4 heteroatoms. The minimum atomic E-state index is 0.744. The second-order valence-corrected chi connectivity index (χ2v) is 15.9. The van der Waals surface area contributed by atoms with Crippen LogP contribution in [0.2, 0.25) is 0 Å². The Kier molecular flexibility index (Phi) is 22.9. The van der Waals surface area contributed by atoms with Gasteiger partial charge in [0.2, 0.25) is 0 Å². The van der Waals surface area contributed by atoms with Gasteiger partial charge in [-0.2, -0.15) is 0 Å². The van der Waals surface area contributed by atoms with Crippen molar-refractivity contribution in [1.82, 2.24) is 0 Å². The lowest BCUT2D eigenvalue weighted by atomic mass is 10.0. The molecular weight excluding hydrogens is 776 g/mol. The van der Waals surface area contributed by atoms with Gasteiger partial charge in [0, 0.05) is 37.9 Å². The molecule has 0 aliphatic carbocycles. The number of unbranched alkanes of at least 4 members (excludes halogenated alkanes) is 15. The van der Waals surface area contributed by atoms with Crippen molar-refractivity contribution in [3.63, 3.8) is 0 Å². The summed E-state index contributed by atoms with van der Waals surface area (Å²) in [7, 11) is 0. The van der Waals surface area contributed by atoms with E-state index in [0.717, 1.165) is 94.2 Å². The molecular formula is C54H65BrO3. The third kappa shape index (κ3) is 18.8. The van der Waals surface area contributed by atoms with E-state index in [1.807, 2.05) is 84.9 Å². The standard InChI is InChI=1S/C54H65BrO3/c1-4-7-10-13-16-19-40-56-51-34-25-45(26-35-51)22-31-48-43-50(33-24-47-29-38-53(39-30-47)58-42-21-18-15-12-9-6-3)54(55)44-49(48)32-23-46-27-36-52(37-28-46)57-41-20-17-14-11-8-5-2/h25-30,34-39,43-44H,4-21,40-42H2,1-3H3. The molecule has 0 N–H and O–H groups in total. The molecule has 0 unspecified atom stereocenters. The highest BCUT2D eigenvalue weighted by Crippen LogP contribution is 2.23. The summed E-state index contributed by atoms with van der Waals surface area (Å²) >= 11 is 3.78. The summed E-state index contributed by atoms with van der Waals surface area (Å²) < 4.78 is 18.9. The van der Waals surface area contributed by atoms with Crippen molar-refractivity contribution in [2.45, 2.75) is 136 Å². The first-order valence-electron chi connectivity index (χ1n) is 22.2. The highest BCUT2D eigenvalue weighted by molar-refractivity contribution is 9.10. The molecule has 0 saturated carbocycles. The molecule has 0 aliphatic heterocycles. The van der Waals surface area contributed by atoms with Gasteiger partial charge in [-0.15, -0.1) is 0 Å². The van der Waals surface area contributed by atoms with Crippen LogP contribution in [-0.4, -0.2) is 19.8 Å². The van der Waals surface area contributed by atoms with Crippen molar-refractivity contribution in [1.29, 1.82) is 0 Å². The Bertz CT molecular complexity index is 1930. The van der Waals surface area contributed by atoms with Gasteiger partial charge >= 0.3 is 0 Å². The van der Waals surface area contributed by atoms with Gasteiger partial charge in [0.15, 0.2) is 0 Å². The van der Waals surface area contributed by atoms with Gasteiger partial charge in [-0.05, 0) is 120 Å². The normalized spacial score (nSPS) is 10.4.